The molecule has 0 fully saturated rings. The molecule has 0 aromatic heterocycles. The van der Waals surface area contributed by atoms with Crippen molar-refractivity contribution in [3.05, 3.63) is 103 Å². The van der Waals surface area contributed by atoms with Crippen molar-refractivity contribution in [2.45, 2.75) is 0 Å². The van der Waals surface area contributed by atoms with Gasteiger partial charge in [0.15, 0.2) is 0 Å². The van der Waals surface area contributed by atoms with Gasteiger partial charge in [0.1, 0.15) is 0 Å². The van der Waals surface area contributed by atoms with Gasteiger partial charge in [0.25, 0.3) is 0 Å². The number of rotatable bonds is 4. The van der Waals surface area contributed by atoms with Crippen molar-refractivity contribution in [3.63, 3.8) is 0 Å². The number of benzene rings is 4. The first-order valence-electron chi connectivity index (χ1n) is 9.25. The van der Waals surface area contributed by atoms with E-state index in [2.05, 4.69) is 122 Å². The largest absolute Gasteiger partial charge is 0.378 e. The molecular formula is C26H23N. The first kappa shape index (κ1) is 17.1. The summed E-state index contributed by atoms with van der Waals surface area (Å²) in [4.78, 5) is 2.13. The van der Waals surface area contributed by atoms with E-state index in [4.69, 9.17) is 0 Å². The fourth-order valence-corrected chi connectivity index (χ4v) is 3.51. The van der Waals surface area contributed by atoms with Crippen molar-refractivity contribution in [2.24, 2.45) is 0 Å². The van der Waals surface area contributed by atoms with Gasteiger partial charge in [0.2, 0.25) is 0 Å². The van der Waals surface area contributed by atoms with Crippen LogP contribution >= 0.6 is 0 Å². The molecule has 27 heavy (non-hydrogen) atoms. The van der Waals surface area contributed by atoms with E-state index >= 15 is 0 Å². The lowest BCUT2D eigenvalue weighted by atomic mass is 9.87. The molecule has 0 N–H and O–H groups in total. The van der Waals surface area contributed by atoms with Crippen molar-refractivity contribution in [3.8, 4) is 33.4 Å². The maximum Gasteiger partial charge on any atom is 0.0361 e. The van der Waals surface area contributed by atoms with Crippen LogP contribution < -0.4 is 4.90 Å². The summed E-state index contributed by atoms with van der Waals surface area (Å²) < 4.78 is 0. The van der Waals surface area contributed by atoms with E-state index < -0.39 is 0 Å². The third kappa shape index (κ3) is 3.50. The summed E-state index contributed by atoms with van der Waals surface area (Å²) in [6, 6.07) is 36.7. The maximum absolute atomic E-state index is 2.23. The molecule has 0 spiro atoms. The van der Waals surface area contributed by atoms with Crippen molar-refractivity contribution in [1.29, 1.82) is 0 Å². The molecule has 0 radical (unpaired) electrons. The Morgan fingerprint density at radius 1 is 0.444 bits per heavy atom. The summed E-state index contributed by atoms with van der Waals surface area (Å²) in [6.07, 6.45) is 0. The van der Waals surface area contributed by atoms with Crippen molar-refractivity contribution in [2.75, 3.05) is 19.0 Å². The summed E-state index contributed by atoms with van der Waals surface area (Å²) in [5.41, 5.74) is 8.71. The van der Waals surface area contributed by atoms with E-state index in [1.165, 1.54) is 39.1 Å². The van der Waals surface area contributed by atoms with E-state index in [1.807, 2.05) is 0 Å². The molecule has 4 aromatic carbocycles. The molecule has 1 heteroatoms. The van der Waals surface area contributed by atoms with Gasteiger partial charge in [-0.25, -0.2) is 0 Å². The second kappa shape index (κ2) is 7.51. The summed E-state index contributed by atoms with van der Waals surface area (Å²) in [5, 5.41) is 0. The van der Waals surface area contributed by atoms with Crippen LogP contribution in [0.2, 0.25) is 0 Å². The number of anilines is 1. The van der Waals surface area contributed by atoms with Gasteiger partial charge in [-0.05, 0) is 45.5 Å². The van der Waals surface area contributed by atoms with Gasteiger partial charge < -0.3 is 4.90 Å². The molecule has 0 aliphatic rings. The van der Waals surface area contributed by atoms with Crippen molar-refractivity contribution in [1.82, 2.24) is 0 Å². The van der Waals surface area contributed by atoms with Gasteiger partial charge >= 0.3 is 0 Å². The highest BCUT2D eigenvalue weighted by atomic mass is 15.1. The van der Waals surface area contributed by atoms with Gasteiger partial charge in [-0.15, -0.1) is 0 Å². The molecule has 0 atom stereocenters. The molecule has 0 heterocycles. The average molecular weight is 349 g/mol. The third-order valence-corrected chi connectivity index (χ3v) is 4.91. The minimum absolute atomic E-state index is 1.21. The van der Waals surface area contributed by atoms with Crippen LogP contribution in [-0.2, 0) is 0 Å². The fourth-order valence-electron chi connectivity index (χ4n) is 3.51. The Morgan fingerprint density at radius 2 is 0.926 bits per heavy atom. The lowest BCUT2D eigenvalue weighted by molar-refractivity contribution is 1.13. The fraction of sp³-hybridized carbons (Fsp3) is 0.0769. The quantitative estimate of drug-likeness (QED) is 0.394. The van der Waals surface area contributed by atoms with E-state index in [-0.39, 0.29) is 0 Å². The highest BCUT2D eigenvalue weighted by molar-refractivity contribution is 5.94. The summed E-state index contributed by atoms with van der Waals surface area (Å²) in [7, 11) is 4.14. The normalized spacial score (nSPS) is 10.6. The Morgan fingerprint density at radius 3 is 1.37 bits per heavy atom. The molecule has 0 unspecified atom stereocenters. The molecule has 4 aromatic rings. The minimum atomic E-state index is 1.21. The molecule has 0 aliphatic carbocycles. The van der Waals surface area contributed by atoms with Gasteiger partial charge in [-0.3, -0.25) is 0 Å². The van der Waals surface area contributed by atoms with Crippen molar-refractivity contribution < 1.29 is 0 Å². The highest BCUT2D eigenvalue weighted by Crippen LogP contribution is 2.40. The summed E-state index contributed by atoms with van der Waals surface area (Å²) >= 11 is 0. The first-order valence-corrected chi connectivity index (χ1v) is 9.25. The summed E-state index contributed by atoms with van der Waals surface area (Å²) in [6.45, 7) is 0. The van der Waals surface area contributed by atoms with Crippen LogP contribution in [0.25, 0.3) is 33.4 Å². The molecule has 0 aliphatic heterocycles. The van der Waals surface area contributed by atoms with Crippen LogP contribution in [0.3, 0.4) is 0 Å². The maximum atomic E-state index is 2.23. The molecule has 0 bridgehead atoms. The zero-order chi connectivity index (χ0) is 18.6. The monoisotopic (exact) mass is 349 g/mol. The second-order valence-electron chi connectivity index (χ2n) is 6.90. The number of hydrogen-bond acceptors (Lipinski definition) is 1. The summed E-state index contributed by atoms with van der Waals surface area (Å²) in [5.74, 6) is 0. The van der Waals surface area contributed by atoms with Crippen LogP contribution in [0.4, 0.5) is 5.69 Å². The third-order valence-electron chi connectivity index (χ3n) is 4.91. The minimum Gasteiger partial charge on any atom is -0.378 e. The zero-order valence-electron chi connectivity index (χ0n) is 15.8. The Balaban J connectivity index is 1.96. The lowest BCUT2D eigenvalue weighted by Crippen LogP contribution is -2.07. The molecule has 1 nitrogen and oxygen atoms in total. The van der Waals surface area contributed by atoms with Crippen LogP contribution in [0.5, 0.6) is 0 Å². The molecule has 0 saturated carbocycles. The molecule has 4 rings (SSSR count). The van der Waals surface area contributed by atoms with E-state index in [9.17, 15) is 0 Å². The standard InChI is InChI=1S/C26H23N/c1-27(2)23-18-16-22(17-19-23)26-24(20-10-5-3-6-11-20)14-9-15-25(26)21-12-7-4-8-13-21/h3-19H,1-2H3. The van der Waals surface area contributed by atoms with Crippen LogP contribution in [0, 0.1) is 0 Å². The highest BCUT2D eigenvalue weighted by Gasteiger charge is 2.14. The Labute approximate surface area is 161 Å². The van der Waals surface area contributed by atoms with Crippen molar-refractivity contribution >= 4 is 5.69 Å². The van der Waals surface area contributed by atoms with Gasteiger partial charge in [-0.2, -0.15) is 0 Å². The predicted molar refractivity (Wildman–Crippen MR) is 117 cm³/mol. The van der Waals surface area contributed by atoms with E-state index in [0.717, 1.165) is 0 Å². The van der Waals surface area contributed by atoms with E-state index in [0.29, 0.717) is 0 Å². The Bertz CT molecular complexity index is 959. The SMILES string of the molecule is CN(C)c1ccc(-c2c(-c3ccccc3)cccc2-c2ccccc2)cc1. The Hall–Kier alpha value is -3.32. The Kier molecular flexibility index (Phi) is 4.76. The van der Waals surface area contributed by atoms with Crippen LogP contribution in [-0.4, -0.2) is 14.1 Å². The zero-order valence-corrected chi connectivity index (χ0v) is 15.8. The van der Waals surface area contributed by atoms with Gasteiger partial charge in [0, 0.05) is 19.8 Å². The lowest BCUT2D eigenvalue weighted by Gasteiger charge is -2.18. The molecular weight excluding hydrogens is 326 g/mol. The predicted octanol–water partition coefficient (Wildman–Crippen LogP) is 6.75. The molecule has 0 saturated heterocycles. The topological polar surface area (TPSA) is 3.24 Å². The first-order chi connectivity index (χ1) is 13.2. The molecule has 132 valence electrons. The van der Waals surface area contributed by atoms with E-state index in [1.54, 1.807) is 0 Å². The average Bonchev–Trinajstić information content (AvgIpc) is 2.74. The number of hydrogen-bond donors (Lipinski definition) is 0. The molecule has 0 amide bonds. The van der Waals surface area contributed by atoms with Crippen LogP contribution in [0.15, 0.2) is 103 Å². The van der Waals surface area contributed by atoms with Gasteiger partial charge in [0.05, 0.1) is 0 Å². The van der Waals surface area contributed by atoms with Gasteiger partial charge in [-0.1, -0.05) is 91.0 Å². The second-order valence-corrected chi connectivity index (χ2v) is 6.90. The smallest absolute Gasteiger partial charge is 0.0361 e. The van der Waals surface area contributed by atoms with Crippen LogP contribution in [0.1, 0.15) is 0 Å². The number of nitrogens with zero attached hydrogens (tertiary/aromatic N) is 1.